The number of amides is 1. The molecule has 254 valence electrons. The van der Waals surface area contributed by atoms with Gasteiger partial charge >= 0.3 is 18.7 Å². The zero-order chi connectivity index (χ0) is 35.6. The van der Waals surface area contributed by atoms with E-state index in [4.69, 9.17) is 0 Å². The molecule has 5 nitrogen and oxygen atoms in total. The Morgan fingerprint density at radius 3 is 2.06 bits per heavy atom. The maximum Gasteiger partial charge on any atom is 0.461 e. The van der Waals surface area contributed by atoms with E-state index in [0.717, 1.165) is 25.1 Å². The van der Waals surface area contributed by atoms with Crippen molar-refractivity contribution in [3.63, 3.8) is 0 Å². The highest BCUT2D eigenvalue weighted by atomic mass is 19.4. The van der Waals surface area contributed by atoms with E-state index >= 15 is 4.39 Å². The largest absolute Gasteiger partial charge is 0.550 e. The van der Waals surface area contributed by atoms with Gasteiger partial charge in [0.15, 0.2) is 0 Å². The Bertz CT molecular complexity index is 1810. The normalized spacial score (nSPS) is 13.9. The molecule has 0 aliphatic carbocycles. The van der Waals surface area contributed by atoms with Gasteiger partial charge in [-0.1, -0.05) is 43.3 Å². The van der Waals surface area contributed by atoms with Crippen LogP contribution in [0.1, 0.15) is 51.0 Å². The first kappa shape index (κ1) is 35.8. The molecule has 0 aromatic heterocycles. The summed E-state index contributed by atoms with van der Waals surface area (Å²) in [6.45, 7) is 1.05. The van der Waals surface area contributed by atoms with E-state index in [9.17, 15) is 54.2 Å². The second-order valence-corrected chi connectivity index (χ2v) is 10.6. The van der Waals surface area contributed by atoms with Gasteiger partial charge in [-0.25, -0.2) is 13.2 Å². The molecule has 0 saturated heterocycles. The van der Waals surface area contributed by atoms with E-state index in [2.05, 4.69) is 10.1 Å². The van der Waals surface area contributed by atoms with Gasteiger partial charge in [-0.2, -0.15) is 30.7 Å². The van der Waals surface area contributed by atoms with E-state index < -0.39 is 93.9 Å². The first-order valence-electron chi connectivity index (χ1n) is 13.7. The lowest BCUT2D eigenvalue weighted by Crippen LogP contribution is -2.49. The second-order valence-electron chi connectivity index (χ2n) is 10.6. The lowest BCUT2D eigenvalue weighted by molar-refractivity contribution is -0.307. The van der Waals surface area contributed by atoms with Crippen LogP contribution in [0.25, 0.3) is 0 Å². The molecule has 0 bridgehead atoms. The van der Waals surface area contributed by atoms with E-state index in [1.165, 1.54) is 24.3 Å². The minimum Gasteiger partial charge on any atom is -0.550 e. The topological polar surface area (TPSA) is 78.5 Å². The Morgan fingerprint density at radius 2 is 1.46 bits per heavy atom. The standard InChI is InChI=1S/C33H23F10NO4/c1-17(29(46)47)24-14-20(8-10-26(24)35)31(16-18-5-3-2-4-6-18,21-12-22(34)15-23(13-21)48-33(42,43)30(37)38)44-28(45)19-7-9-27(36)25(11-19)32(39,40)41/h2-15,17,30H,16H2,1H3,(H,44,45)(H,46,47)/p-1/t17-,31?/m1/s1. The van der Waals surface area contributed by atoms with E-state index in [1.807, 2.05) is 0 Å². The number of aliphatic carboxylic acids is 1. The van der Waals surface area contributed by atoms with Gasteiger partial charge < -0.3 is 20.0 Å². The number of carboxylic acid groups (broad SMARTS) is 1. The number of halogens is 10. The molecule has 0 spiro atoms. The van der Waals surface area contributed by atoms with Gasteiger partial charge in [0.25, 0.3) is 5.91 Å². The summed E-state index contributed by atoms with van der Waals surface area (Å²) in [4.78, 5) is 25.4. The Labute approximate surface area is 265 Å². The molecule has 2 atom stereocenters. The number of nitrogens with one attached hydrogen (secondary N) is 1. The Hall–Kier alpha value is -5.08. The highest BCUT2D eigenvalue weighted by Gasteiger charge is 2.45. The van der Waals surface area contributed by atoms with Crippen molar-refractivity contribution in [1.29, 1.82) is 0 Å². The monoisotopic (exact) mass is 686 g/mol. The molecule has 4 rings (SSSR count). The zero-order valence-electron chi connectivity index (χ0n) is 24.4. The van der Waals surface area contributed by atoms with Crippen molar-refractivity contribution >= 4 is 11.9 Å². The number of benzene rings is 4. The number of carboxylic acids is 1. The average molecular weight is 687 g/mol. The van der Waals surface area contributed by atoms with Crippen LogP contribution in [0, 0.1) is 17.5 Å². The Kier molecular flexibility index (Phi) is 10.1. The molecule has 0 heterocycles. The third kappa shape index (κ3) is 7.72. The molecule has 4 aromatic carbocycles. The predicted octanol–water partition coefficient (Wildman–Crippen LogP) is 7.13. The van der Waals surface area contributed by atoms with Crippen LogP contribution in [-0.4, -0.2) is 24.4 Å². The molecular weight excluding hydrogens is 664 g/mol. The number of alkyl halides is 7. The summed E-state index contributed by atoms with van der Waals surface area (Å²) >= 11 is 0. The van der Waals surface area contributed by atoms with Crippen molar-refractivity contribution in [2.45, 2.75) is 43.5 Å². The van der Waals surface area contributed by atoms with E-state index in [1.54, 1.807) is 6.07 Å². The van der Waals surface area contributed by atoms with Crippen LogP contribution in [0.2, 0.25) is 0 Å². The average Bonchev–Trinajstić information content (AvgIpc) is 3.00. The lowest BCUT2D eigenvalue weighted by Gasteiger charge is -2.37. The molecular formula is C33H22F10NO4-. The van der Waals surface area contributed by atoms with Gasteiger partial charge in [-0.15, -0.1) is 0 Å². The fourth-order valence-corrected chi connectivity index (χ4v) is 4.95. The van der Waals surface area contributed by atoms with Crippen LogP contribution >= 0.6 is 0 Å². The fourth-order valence-electron chi connectivity index (χ4n) is 4.95. The zero-order valence-corrected chi connectivity index (χ0v) is 24.4. The van der Waals surface area contributed by atoms with Gasteiger partial charge in [0.2, 0.25) is 0 Å². The number of hydrogen-bond donors (Lipinski definition) is 1. The Morgan fingerprint density at radius 1 is 0.812 bits per heavy atom. The maximum absolute atomic E-state index is 15.1. The first-order chi connectivity index (χ1) is 22.3. The first-order valence-corrected chi connectivity index (χ1v) is 13.7. The van der Waals surface area contributed by atoms with Gasteiger partial charge in [0.05, 0.1) is 11.1 Å². The highest BCUT2D eigenvalue weighted by Crippen LogP contribution is 2.40. The van der Waals surface area contributed by atoms with Gasteiger partial charge in [0.1, 0.15) is 23.2 Å². The van der Waals surface area contributed by atoms with Crippen LogP contribution < -0.4 is 15.2 Å². The third-order valence-electron chi connectivity index (χ3n) is 7.35. The maximum atomic E-state index is 15.1. The summed E-state index contributed by atoms with van der Waals surface area (Å²) in [5.41, 5.74) is -5.97. The van der Waals surface area contributed by atoms with Crippen molar-refractivity contribution < 1.29 is 63.3 Å². The molecule has 4 aromatic rings. The number of carbonyl (C=O) groups excluding carboxylic acids is 2. The van der Waals surface area contributed by atoms with Crippen LogP contribution in [0.5, 0.6) is 5.75 Å². The highest BCUT2D eigenvalue weighted by molar-refractivity contribution is 5.95. The number of ether oxygens (including phenoxy) is 1. The lowest BCUT2D eigenvalue weighted by atomic mass is 9.76. The molecule has 48 heavy (non-hydrogen) atoms. The molecule has 1 N–H and O–H groups in total. The van der Waals surface area contributed by atoms with Crippen molar-refractivity contribution in [1.82, 2.24) is 5.32 Å². The predicted molar refractivity (Wildman–Crippen MR) is 148 cm³/mol. The molecule has 0 saturated carbocycles. The van der Waals surface area contributed by atoms with Gasteiger partial charge in [-0.05, 0) is 64.7 Å². The van der Waals surface area contributed by atoms with Crippen LogP contribution in [-0.2, 0) is 22.9 Å². The molecule has 15 heteroatoms. The summed E-state index contributed by atoms with van der Waals surface area (Å²) in [6, 6.07) is 13.0. The van der Waals surface area contributed by atoms with Crippen LogP contribution in [0.15, 0.2) is 84.9 Å². The van der Waals surface area contributed by atoms with Crippen molar-refractivity contribution in [3.05, 3.63) is 136 Å². The summed E-state index contributed by atoms with van der Waals surface area (Å²) in [6.07, 6.45) is -15.3. The number of carbonyl (C=O) groups is 2. The Balaban J connectivity index is 2.05. The number of rotatable bonds is 11. The second kappa shape index (κ2) is 13.6. The number of hydrogen-bond acceptors (Lipinski definition) is 4. The van der Waals surface area contributed by atoms with E-state index in [0.29, 0.717) is 30.3 Å². The summed E-state index contributed by atoms with van der Waals surface area (Å²) in [5.74, 6) is -10.1. The van der Waals surface area contributed by atoms with Gasteiger partial charge in [-0.3, -0.25) is 4.79 Å². The molecule has 1 unspecified atom stereocenters. The summed E-state index contributed by atoms with van der Waals surface area (Å²) in [5, 5.41) is 14.1. The van der Waals surface area contributed by atoms with Crippen molar-refractivity contribution in [2.24, 2.45) is 0 Å². The smallest absolute Gasteiger partial charge is 0.461 e. The van der Waals surface area contributed by atoms with Crippen LogP contribution in [0.3, 0.4) is 0 Å². The van der Waals surface area contributed by atoms with Gasteiger partial charge in [0, 0.05) is 29.9 Å². The summed E-state index contributed by atoms with van der Waals surface area (Å²) < 4.78 is 143. The van der Waals surface area contributed by atoms with Crippen LogP contribution in [0.4, 0.5) is 43.9 Å². The molecule has 0 fully saturated rings. The molecule has 1 amide bonds. The quantitative estimate of drug-likeness (QED) is 0.171. The molecule has 0 aliphatic rings. The molecule has 0 aliphatic heterocycles. The minimum atomic E-state index is -5.25. The fraction of sp³-hybridized carbons (Fsp3) is 0.212. The van der Waals surface area contributed by atoms with E-state index in [-0.39, 0.29) is 17.2 Å². The van der Waals surface area contributed by atoms with Crippen molar-refractivity contribution in [2.75, 3.05) is 0 Å². The SMILES string of the molecule is C[C@@H](C(=O)[O-])c1cc(C(Cc2ccccc2)(NC(=O)c2ccc(F)c(C(F)(F)F)c2)c2cc(F)cc(OC(F)(F)C(F)F)c2)ccc1F. The third-order valence-corrected chi connectivity index (χ3v) is 7.35. The molecule has 0 radical (unpaired) electrons. The minimum absolute atomic E-state index is 0.176. The van der Waals surface area contributed by atoms with Crippen molar-refractivity contribution in [3.8, 4) is 5.75 Å². The summed E-state index contributed by atoms with van der Waals surface area (Å²) in [7, 11) is 0.